The second-order valence-corrected chi connectivity index (χ2v) is 6.68. The Morgan fingerprint density at radius 3 is 2.80 bits per heavy atom. The summed E-state index contributed by atoms with van der Waals surface area (Å²) in [5.74, 6) is 1.05. The van der Waals surface area contributed by atoms with Gasteiger partial charge in [-0.2, -0.15) is 0 Å². The lowest BCUT2D eigenvalue weighted by atomic mass is 10.1. The smallest absolute Gasteiger partial charge is 0.153 e. The van der Waals surface area contributed by atoms with Gasteiger partial charge in [-0.1, -0.05) is 29.8 Å². The maximum atomic E-state index is 11.1. The van der Waals surface area contributed by atoms with E-state index >= 15 is 0 Å². The number of carbonyl (C=O) groups is 1. The molecular weight excluding hydrogens is 338 g/mol. The van der Waals surface area contributed by atoms with Gasteiger partial charge in [0, 0.05) is 15.8 Å². The van der Waals surface area contributed by atoms with Crippen molar-refractivity contribution in [1.82, 2.24) is 4.98 Å². The van der Waals surface area contributed by atoms with Crippen LogP contribution in [0.15, 0.2) is 22.0 Å². The first-order chi connectivity index (χ1) is 9.51. The monoisotopic (exact) mass is 353 g/mol. The highest BCUT2D eigenvalue weighted by Crippen LogP contribution is 2.28. The number of ether oxygens (including phenoxy) is 1. The quantitative estimate of drug-likeness (QED) is 0.729. The molecule has 1 aromatic heterocycles. The third-order valence-electron chi connectivity index (χ3n) is 2.82. The van der Waals surface area contributed by atoms with Crippen molar-refractivity contribution in [3.8, 4) is 5.75 Å². The number of aldehydes is 1. The lowest BCUT2D eigenvalue weighted by Gasteiger charge is -2.11. The highest BCUT2D eigenvalue weighted by Gasteiger charge is 2.11. The Morgan fingerprint density at radius 2 is 2.20 bits per heavy atom. The molecule has 0 saturated carbocycles. The summed E-state index contributed by atoms with van der Waals surface area (Å²) in [6, 6.07) is 3.69. The SMILES string of the molecule is Cc1cc(Br)cc(C=O)c1OCc1csc(C(C)C)n1. The van der Waals surface area contributed by atoms with E-state index in [1.54, 1.807) is 17.4 Å². The average molecular weight is 354 g/mol. The van der Waals surface area contributed by atoms with Crippen LogP contribution in [0.3, 0.4) is 0 Å². The Labute approximate surface area is 131 Å². The number of thiazole rings is 1. The molecule has 0 amide bonds. The zero-order chi connectivity index (χ0) is 14.7. The average Bonchev–Trinajstić information content (AvgIpc) is 2.85. The Morgan fingerprint density at radius 1 is 1.45 bits per heavy atom. The first-order valence-corrected chi connectivity index (χ1v) is 8.01. The van der Waals surface area contributed by atoms with Crippen LogP contribution >= 0.6 is 27.3 Å². The van der Waals surface area contributed by atoms with Gasteiger partial charge in [0.1, 0.15) is 12.4 Å². The molecule has 106 valence electrons. The first kappa shape index (κ1) is 15.2. The highest BCUT2D eigenvalue weighted by atomic mass is 79.9. The molecule has 1 heterocycles. The number of hydrogen-bond donors (Lipinski definition) is 0. The molecule has 0 radical (unpaired) electrons. The summed E-state index contributed by atoms with van der Waals surface area (Å²) < 4.78 is 6.66. The van der Waals surface area contributed by atoms with E-state index in [0.29, 0.717) is 23.8 Å². The molecule has 0 aliphatic heterocycles. The fourth-order valence-electron chi connectivity index (χ4n) is 1.84. The van der Waals surface area contributed by atoms with Crippen LogP contribution < -0.4 is 4.74 Å². The van der Waals surface area contributed by atoms with Crippen LogP contribution in [0.4, 0.5) is 0 Å². The molecule has 1 aromatic carbocycles. The summed E-state index contributed by atoms with van der Waals surface area (Å²) in [5.41, 5.74) is 2.38. The van der Waals surface area contributed by atoms with E-state index < -0.39 is 0 Å². The predicted octanol–water partition coefficient (Wildman–Crippen LogP) is 4.73. The molecule has 20 heavy (non-hydrogen) atoms. The van der Waals surface area contributed by atoms with Crippen LogP contribution in [0.5, 0.6) is 5.75 Å². The van der Waals surface area contributed by atoms with Gasteiger partial charge in [0.2, 0.25) is 0 Å². The molecule has 3 nitrogen and oxygen atoms in total. The van der Waals surface area contributed by atoms with Gasteiger partial charge >= 0.3 is 0 Å². The van der Waals surface area contributed by atoms with Gasteiger partial charge in [-0.25, -0.2) is 4.98 Å². The molecule has 2 rings (SSSR count). The summed E-state index contributed by atoms with van der Waals surface area (Å²) >= 11 is 5.02. The molecule has 0 aliphatic rings. The summed E-state index contributed by atoms with van der Waals surface area (Å²) in [5, 5.41) is 3.11. The molecule has 0 fully saturated rings. The maximum Gasteiger partial charge on any atom is 0.153 e. The summed E-state index contributed by atoms with van der Waals surface area (Å²) in [6.45, 7) is 6.54. The topological polar surface area (TPSA) is 39.2 Å². The van der Waals surface area contributed by atoms with E-state index in [1.165, 1.54) is 0 Å². The van der Waals surface area contributed by atoms with E-state index in [0.717, 1.165) is 27.0 Å². The highest BCUT2D eigenvalue weighted by molar-refractivity contribution is 9.10. The zero-order valence-corrected chi connectivity index (χ0v) is 14.0. The third kappa shape index (κ3) is 3.46. The number of carbonyl (C=O) groups excluding carboxylic acids is 1. The molecule has 5 heteroatoms. The second kappa shape index (κ2) is 6.50. The van der Waals surface area contributed by atoms with Gasteiger partial charge in [-0.3, -0.25) is 4.79 Å². The van der Waals surface area contributed by atoms with E-state index in [-0.39, 0.29) is 0 Å². The lowest BCUT2D eigenvalue weighted by molar-refractivity contribution is 0.111. The molecule has 0 saturated heterocycles. The molecule has 0 spiro atoms. The molecule has 2 aromatic rings. The minimum atomic E-state index is 0.381. The number of rotatable bonds is 5. The fraction of sp³-hybridized carbons (Fsp3) is 0.333. The number of benzene rings is 1. The fourth-order valence-corrected chi connectivity index (χ4v) is 3.25. The van der Waals surface area contributed by atoms with Crippen molar-refractivity contribution in [3.05, 3.63) is 43.8 Å². The normalized spacial score (nSPS) is 10.8. The van der Waals surface area contributed by atoms with Crippen LogP contribution in [0, 0.1) is 6.92 Å². The maximum absolute atomic E-state index is 11.1. The van der Waals surface area contributed by atoms with Crippen molar-refractivity contribution >= 4 is 33.6 Å². The van der Waals surface area contributed by atoms with E-state index in [4.69, 9.17) is 4.74 Å². The van der Waals surface area contributed by atoms with Crippen molar-refractivity contribution in [3.63, 3.8) is 0 Å². The van der Waals surface area contributed by atoms with Gasteiger partial charge in [-0.05, 0) is 24.6 Å². The first-order valence-electron chi connectivity index (χ1n) is 6.33. The van der Waals surface area contributed by atoms with Crippen LogP contribution in [-0.2, 0) is 6.61 Å². The number of aromatic nitrogens is 1. The van der Waals surface area contributed by atoms with E-state index in [9.17, 15) is 4.79 Å². The van der Waals surface area contributed by atoms with Gasteiger partial charge in [0.05, 0.1) is 16.3 Å². The number of aryl methyl sites for hydroxylation is 1. The van der Waals surface area contributed by atoms with Crippen molar-refractivity contribution < 1.29 is 9.53 Å². The summed E-state index contributed by atoms with van der Waals surface area (Å²) in [4.78, 5) is 15.6. The zero-order valence-electron chi connectivity index (χ0n) is 11.6. The molecule has 0 atom stereocenters. The van der Waals surface area contributed by atoms with Crippen LogP contribution in [0.2, 0.25) is 0 Å². The van der Waals surface area contributed by atoms with Crippen LogP contribution in [-0.4, -0.2) is 11.3 Å². The number of hydrogen-bond acceptors (Lipinski definition) is 4. The molecule has 0 unspecified atom stereocenters. The van der Waals surface area contributed by atoms with Crippen molar-refractivity contribution in [1.29, 1.82) is 0 Å². The molecule has 0 aliphatic carbocycles. The number of nitrogens with zero attached hydrogens (tertiary/aromatic N) is 1. The minimum absolute atomic E-state index is 0.381. The molecule has 0 bridgehead atoms. The Hall–Kier alpha value is -1.20. The van der Waals surface area contributed by atoms with Crippen LogP contribution in [0.25, 0.3) is 0 Å². The second-order valence-electron chi connectivity index (χ2n) is 4.88. The van der Waals surface area contributed by atoms with E-state index in [1.807, 2.05) is 18.4 Å². The molecular formula is C15H16BrNO2S. The lowest BCUT2D eigenvalue weighted by Crippen LogP contribution is -2.01. The van der Waals surface area contributed by atoms with Crippen LogP contribution in [0.1, 0.15) is 46.4 Å². The predicted molar refractivity (Wildman–Crippen MR) is 84.8 cm³/mol. The Bertz CT molecular complexity index is 622. The van der Waals surface area contributed by atoms with Gasteiger partial charge in [0.15, 0.2) is 6.29 Å². The standard InChI is InChI=1S/C15H16BrNO2S/c1-9(2)15-17-13(8-20-15)7-19-14-10(3)4-12(16)5-11(14)6-18/h4-6,8-9H,7H2,1-3H3. The molecule has 0 N–H and O–H groups in total. The Kier molecular flexibility index (Phi) is 4.94. The van der Waals surface area contributed by atoms with Crippen molar-refractivity contribution in [2.24, 2.45) is 0 Å². The Balaban J connectivity index is 2.16. The van der Waals surface area contributed by atoms with E-state index in [2.05, 4.69) is 34.8 Å². The largest absolute Gasteiger partial charge is 0.486 e. The van der Waals surface area contributed by atoms with Gasteiger partial charge < -0.3 is 4.74 Å². The summed E-state index contributed by atoms with van der Waals surface area (Å²) in [7, 11) is 0. The van der Waals surface area contributed by atoms with Gasteiger partial charge in [-0.15, -0.1) is 11.3 Å². The van der Waals surface area contributed by atoms with Crippen molar-refractivity contribution in [2.45, 2.75) is 33.3 Å². The van der Waals surface area contributed by atoms with Crippen molar-refractivity contribution in [2.75, 3.05) is 0 Å². The summed E-state index contributed by atoms with van der Waals surface area (Å²) in [6.07, 6.45) is 0.813. The van der Waals surface area contributed by atoms with Gasteiger partial charge in [0.25, 0.3) is 0 Å². The number of halogens is 1. The third-order valence-corrected chi connectivity index (χ3v) is 4.47. The minimum Gasteiger partial charge on any atom is -0.486 e.